The van der Waals surface area contributed by atoms with Gasteiger partial charge in [-0.1, -0.05) is 0 Å². The Morgan fingerprint density at radius 1 is 1.47 bits per heavy atom. The maximum Gasteiger partial charge on any atom is 0.312 e. The lowest BCUT2D eigenvalue weighted by atomic mass is 10.3. The van der Waals surface area contributed by atoms with Crippen molar-refractivity contribution in [3.63, 3.8) is 0 Å². The van der Waals surface area contributed by atoms with Crippen LogP contribution in [0.2, 0.25) is 0 Å². The van der Waals surface area contributed by atoms with Gasteiger partial charge in [-0.05, 0) is 22.0 Å². The molecular formula is C8H5BrN4O2. The Morgan fingerprint density at radius 2 is 2.27 bits per heavy atom. The van der Waals surface area contributed by atoms with Crippen LogP contribution in [0, 0.1) is 10.1 Å². The normalized spacial score (nSPS) is 10.2. The summed E-state index contributed by atoms with van der Waals surface area (Å²) in [7, 11) is 0. The van der Waals surface area contributed by atoms with Crippen LogP contribution in [0.3, 0.4) is 0 Å². The Hall–Kier alpha value is -1.76. The van der Waals surface area contributed by atoms with Gasteiger partial charge in [-0.2, -0.15) is 5.10 Å². The minimum absolute atomic E-state index is 0.0758. The number of halogens is 1. The second-order valence-corrected chi connectivity index (χ2v) is 3.64. The van der Waals surface area contributed by atoms with E-state index in [-0.39, 0.29) is 5.69 Å². The zero-order valence-electron chi connectivity index (χ0n) is 7.37. The van der Waals surface area contributed by atoms with Gasteiger partial charge in [-0.15, -0.1) is 0 Å². The van der Waals surface area contributed by atoms with E-state index in [1.807, 2.05) is 0 Å². The fraction of sp³-hybridized carbons (Fsp3) is 0. The molecule has 7 heteroatoms. The van der Waals surface area contributed by atoms with Crippen LogP contribution in [0.25, 0.3) is 5.69 Å². The molecular weight excluding hydrogens is 264 g/mol. The Labute approximate surface area is 92.8 Å². The van der Waals surface area contributed by atoms with Crippen molar-refractivity contribution in [1.29, 1.82) is 0 Å². The van der Waals surface area contributed by atoms with Crippen molar-refractivity contribution in [2.24, 2.45) is 0 Å². The average Bonchev–Trinajstić information content (AvgIpc) is 2.65. The summed E-state index contributed by atoms with van der Waals surface area (Å²) in [6, 6.07) is 1.54. The summed E-state index contributed by atoms with van der Waals surface area (Å²) in [6.45, 7) is 0. The topological polar surface area (TPSA) is 73.8 Å². The minimum Gasteiger partial charge on any atom is -0.258 e. The molecule has 2 aromatic heterocycles. The summed E-state index contributed by atoms with van der Waals surface area (Å²) in [5.74, 6) is 0. The zero-order valence-corrected chi connectivity index (χ0v) is 8.96. The van der Waals surface area contributed by atoms with Gasteiger partial charge in [0, 0.05) is 12.4 Å². The van der Waals surface area contributed by atoms with Crippen LogP contribution < -0.4 is 0 Å². The molecule has 15 heavy (non-hydrogen) atoms. The van der Waals surface area contributed by atoms with Crippen LogP contribution in [-0.4, -0.2) is 19.7 Å². The zero-order chi connectivity index (χ0) is 10.8. The van der Waals surface area contributed by atoms with Crippen molar-refractivity contribution in [3.8, 4) is 5.69 Å². The maximum absolute atomic E-state index is 10.7. The molecule has 2 rings (SSSR count). The lowest BCUT2D eigenvalue weighted by Crippen LogP contribution is -2.00. The first-order chi connectivity index (χ1) is 7.18. The van der Waals surface area contributed by atoms with E-state index >= 15 is 0 Å². The van der Waals surface area contributed by atoms with Crippen molar-refractivity contribution in [2.45, 2.75) is 0 Å². The van der Waals surface area contributed by atoms with E-state index in [2.05, 4.69) is 26.0 Å². The fourth-order valence-corrected chi connectivity index (χ4v) is 1.43. The van der Waals surface area contributed by atoms with Gasteiger partial charge in [0.2, 0.25) is 0 Å². The van der Waals surface area contributed by atoms with Gasteiger partial charge in [0.1, 0.15) is 11.9 Å². The highest BCUT2D eigenvalue weighted by Gasteiger charge is 2.15. The average molecular weight is 269 g/mol. The highest BCUT2D eigenvalue weighted by Crippen LogP contribution is 2.21. The smallest absolute Gasteiger partial charge is 0.258 e. The molecule has 0 bridgehead atoms. The Balaban J connectivity index is 2.57. The molecule has 0 aromatic carbocycles. The number of pyridine rings is 1. The van der Waals surface area contributed by atoms with Crippen LogP contribution in [0.5, 0.6) is 0 Å². The monoisotopic (exact) mass is 268 g/mol. The third-order valence-corrected chi connectivity index (χ3v) is 2.18. The van der Waals surface area contributed by atoms with E-state index in [4.69, 9.17) is 0 Å². The number of nitro groups is 1. The van der Waals surface area contributed by atoms with Crippen LogP contribution in [0.1, 0.15) is 0 Å². The minimum atomic E-state index is -0.488. The highest BCUT2D eigenvalue weighted by molar-refractivity contribution is 9.10. The van der Waals surface area contributed by atoms with E-state index in [0.29, 0.717) is 5.69 Å². The first-order valence-corrected chi connectivity index (χ1v) is 4.77. The molecule has 0 saturated heterocycles. The lowest BCUT2D eigenvalue weighted by Gasteiger charge is -2.00. The molecule has 2 aromatic rings. The molecule has 2 heterocycles. The summed E-state index contributed by atoms with van der Waals surface area (Å²) in [4.78, 5) is 13.9. The molecule has 0 saturated carbocycles. The van der Waals surface area contributed by atoms with Gasteiger partial charge < -0.3 is 0 Å². The second kappa shape index (κ2) is 3.77. The molecule has 0 aliphatic heterocycles. The second-order valence-electron chi connectivity index (χ2n) is 2.72. The number of hydrogen-bond donors (Lipinski definition) is 0. The maximum atomic E-state index is 10.7. The van der Waals surface area contributed by atoms with Crippen molar-refractivity contribution >= 4 is 21.6 Å². The molecule has 0 amide bonds. The lowest BCUT2D eigenvalue weighted by molar-refractivity contribution is -0.385. The quantitative estimate of drug-likeness (QED) is 0.616. The summed E-state index contributed by atoms with van der Waals surface area (Å²) in [5, 5.41) is 14.7. The molecule has 0 atom stereocenters. The predicted molar refractivity (Wildman–Crippen MR) is 55.7 cm³/mol. The van der Waals surface area contributed by atoms with Crippen LogP contribution in [0.15, 0.2) is 35.3 Å². The molecule has 0 unspecified atom stereocenters. The third kappa shape index (κ3) is 1.86. The molecule has 0 aliphatic rings. The molecule has 0 aliphatic carbocycles. The van der Waals surface area contributed by atoms with Gasteiger partial charge in [-0.3, -0.25) is 15.1 Å². The van der Waals surface area contributed by atoms with E-state index in [9.17, 15) is 10.1 Å². The Kier molecular flexibility index (Phi) is 2.46. The summed E-state index contributed by atoms with van der Waals surface area (Å²) >= 11 is 3.22. The number of aromatic nitrogens is 3. The van der Waals surface area contributed by atoms with Crippen molar-refractivity contribution in [3.05, 3.63) is 45.4 Å². The third-order valence-electron chi connectivity index (χ3n) is 1.77. The number of nitrogens with zero attached hydrogens (tertiary/aromatic N) is 4. The molecule has 6 nitrogen and oxygen atoms in total. The molecule has 0 radical (unpaired) electrons. The highest BCUT2D eigenvalue weighted by atomic mass is 79.9. The van der Waals surface area contributed by atoms with E-state index in [1.54, 1.807) is 12.4 Å². The first kappa shape index (κ1) is 9.78. The Bertz CT molecular complexity index is 511. The van der Waals surface area contributed by atoms with Gasteiger partial charge in [0.25, 0.3) is 0 Å². The van der Waals surface area contributed by atoms with Gasteiger partial charge >= 0.3 is 5.69 Å². The molecule has 0 N–H and O–H groups in total. The summed E-state index contributed by atoms with van der Waals surface area (Å²) in [6.07, 6.45) is 5.88. The molecule has 0 spiro atoms. The number of rotatable bonds is 2. The number of hydrogen-bond acceptors (Lipinski definition) is 4. The van der Waals surface area contributed by atoms with Crippen molar-refractivity contribution < 1.29 is 4.92 Å². The van der Waals surface area contributed by atoms with Crippen LogP contribution in [-0.2, 0) is 0 Å². The van der Waals surface area contributed by atoms with Crippen LogP contribution >= 0.6 is 15.9 Å². The molecule has 0 fully saturated rings. The fourth-order valence-electron chi connectivity index (χ4n) is 1.15. The SMILES string of the molecule is O=[N+]([O-])c1cnccc1-n1cc(Br)cn1. The van der Waals surface area contributed by atoms with E-state index < -0.39 is 4.92 Å². The van der Waals surface area contributed by atoms with Crippen LogP contribution in [0.4, 0.5) is 5.69 Å². The Morgan fingerprint density at radius 3 is 2.87 bits per heavy atom. The molecule has 76 valence electrons. The largest absolute Gasteiger partial charge is 0.312 e. The van der Waals surface area contributed by atoms with Gasteiger partial charge in [0.15, 0.2) is 0 Å². The predicted octanol–water partition coefficient (Wildman–Crippen LogP) is 1.94. The first-order valence-electron chi connectivity index (χ1n) is 3.97. The van der Waals surface area contributed by atoms with Gasteiger partial charge in [0.05, 0.1) is 15.6 Å². The standard InChI is InChI=1S/C8H5BrN4O2/c9-6-3-11-12(5-6)7-1-2-10-4-8(7)13(14)15/h1-5H. The van der Waals surface area contributed by atoms with Gasteiger partial charge in [-0.25, -0.2) is 4.68 Å². The van der Waals surface area contributed by atoms with E-state index in [0.717, 1.165) is 4.47 Å². The summed E-state index contributed by atoms with van der Waals surface area (Å²) in [5.41, 5.74) is 0.314. The van der Waals surface area contributed by atoms with Crippen molar-refractivity contribution in [2.75, 3.05) is 0 Å². The van der Waals surface area contributed by atoms with E-state index in [1.165, 1.54) is 23.1 Å². The summed E-state index contributed by atoms with van der Waals surface area (Å²) < 4.78 is 2.18. The van der Waals surface area contributed by atoms with Crippen molar-refractivity contribution in [1.82, 2.24) is 14.8 Å².